The topological polar surface area (TPSA) is 62.7 Å². The van der Waals surface area contributed by atoms with E-state index in [2.05, 4.69) is 43.1 Å². The van der Waals surface area contributed by atoms with E-state index < -0.39 is 0 Å². The number of benzene rings is 2. The van der Waals surface area contributed by atoms with Crippen molar-refractivity contribution >= 4 is 5.82 Å². The van der Waals surface area contributed by atoms with Crippen LogP contribution in [-0.4, -0.2) is 4.98 Å². The molecule has 0 aliphatic heterocycles. The molecule has 3 heteroatoms. The van der Waals surface area contributed by atoms with E-state index in [1.807, 2.05) is 37.3 Å². The third-order valence-electron chi connectivity index (χ3n) is 4.18. The van der Waals surface area contributed by atoms with Crippen LogP contribution in [0.2, 0.25) is 0 Å². The van der Waals surface area contributed by atoms with Gasteiger partial charge in [0.05, 0.1) is 5.69 Å². The molecule has 0 fully saturated rings. The van der Waals surface area contributed by atoms with Crippen molar-refractivity contribution in [2.24, 2.45) is 0 Å². The summed E-state index contributed by atoms with van der Waals surface area (Å²) in [6, 6.07) is 18.5. The molecule has 0 aliphatic carbocycles. The van der Waals surface area contributed by atoms with E-state index in [0.29, 0.717) is 5.56 Å². The van der Waals surface area contributed by atoms with Gasteiger partial charge in [0, 0.05) is 11.1 Å². The summed E-state index contributed by atoms with van der Waals surface area (Å²) < 4.78 is 0. The van der Waals surface area contributed by atoms with E-state index in [1.165, 1.54) is 11.1 Å². The molecule has 3 aromatic rings. The highest BCUT2D eigenvalue weighted by Crippen LogP contribution is 2.32. The lowest BCUT2D eigenvalue weighted by atomic mass is 9.96. The smallest absolute Gasteiger partial charge is 0.142 e. The SMILES string of the molecule is Cc1ccc(-c2cc(-c3ccc(C)cc3C)nc(N)c2C#N)cc1. The standard InChI is InChI=1S/C21H19N3/c1-13-4-7-16(8-5-13)18-11-20(24-21(23)19(18)12-22)17-9-6-14(2)10-15(17)3/h4-11H,1-3H3,(H2,23,24). The van der Waals surface area contributed by atoms with Crippen molar-refractivity contribution in [2.75, 3.05) is 5.73 Å². The second kappa shape index (κ2) is 6.17. The van der Waals surface area contributed by atoms with Crippen molar-refractivity contribution in [3.05, 3.63) is 70.8 Å². The molecule has 2 N–H and O–H groups in total. The van der Waals surface area contributed by atoms with Crippen LogP contribution in [0.25, 0.3) is 22.4 Å². The van der Waals surface area contributed by atoms with Crippen molar-refractivity contribution in [3.8, 4) is 28.5 Å². The summed E-state index contributed by atoms with van der Waals surface area (Å²) in [5.41, 5.74) is 13.6. The van der Waals surface area contributed by atoms with Gasteiger partial charge in [0.1, 0.15) is 17.5 Å². The van der Waals surface area contributed by atoms with Crippen LogP contribution < -0.4 is 5.73 Å². The van der Waals surface area contributed by atoms with Crippen molar-refractivity contribution in [1.82, 2.24) is 4.98 Å². The lowest BCUT2D eigenvalue weighted by Gasteiger charge is -2.12. The lowest BCUT2D eigenvalue weighted by molar-refractivity contribution is 1.28. The summed E-state index contributed by atoms with van der Waals surface area (Å²) in [5.74, 6) is 0.269. The minimum Gasteiger partial charge on any atom is -0.383 e. The number of aromatic nitrogens is 1. The number of nitrogen functional groups attached to an aromatic ring is 1. The van der Waals surface area contributed by atoms with Crippen LogP contribution in [0.5, 0.6) is 0 Å². The fourth-order valence-electron chi connectivity index (χ4n) is 2.88. The van der Waals surface area contributed by atoms with E-state index in [0.717, 1.165) is 27.9 Å². The van der Waals surface area contributed by atoms with Gasteiger partial charge in [0.15, 0.2) is 0 Å². The number of nitrogens with two attached hydrogens (primary N) is 1. The second-order valence-electron chi connectivity index (χ2n) is 6.11. The van der Waals surface area contributed by atoms with Gasteiger partial charge in [-0.2, -0.15) is 5.26 Å². The van der Waals surface area contributed by atoms with Gasteiger partial charge in [-0.1, -0.05) is 53.6 Å². The van der Waals surface area contributed by atoms with E-state index in [-0.39, 0.29) is 5.82 Å². The second-order valence-corrected chi connectivity index (χ2v) is 6.11. The van der Waals surface area contributed by atoms with Gasteiger partial charge in [0.2, 0.25) is 0 Å². The average Bonchev–Trinajstić information content (AvgIpc) is 2.55. The highest BCUT2D eigenvalue weighted by atomic mass is 14.8. The van der Waals surface area contributed by atoms with E-state index >= 15 is 0 Å². The highest BCUT2D eigenvalue weighted by Gasteiger charge is 2.14. The number of nitriles is 1. The Hall–Kier alpha value is -3.12. The maximum absolute atomic E-state index is 9.50. The van der Waals surface area contributed by atoms with Gasteiger partial charge >= 0.3 is 0 Å². The molecule has 0 aliphatic rings. The number of anilines is 1. The molecule has 0 bridgehead atoms. The molecule has 118 valence electrons. The third-order valence-corrected chi connectivity index (χ3v) is 4.18. The van der Waals surface area contributed by atoms with Crippen molar-refractivity contribution in [2.45, 2.75) is 20.8 Å². The van der Waals surface area contributed by atoms with E-state index in [9.17, 15) is 5.26 Å². The summed E-state index contributed by atoms with van der Waals surface area (Å²) in [4.78, 5) is 4.46. The number of pyridine rings is 1. The minimum absolute atomic E-state index is 0.269. The van der Waals surface area contributed by atoms with Crippen LogP contribution in [0.15, 0.2) is 48.5 Å². The molecule has 1 heterocycles. The van der Waals surface area contributed by atoms with Gasteiger partial charge in [-0.15, -0.1) is 0 Å². The van der Waals surface area contributed by atoms with Gasteiger partial charge in [-0.3, -0.25) is 0 Å². The van der Waals surface area contributed by atoms with E-state index in [4.69, 9.17) is 5.73 Å². The Bertz CT molecular complexity index is 948. The molecule has 0 unspecified atom stereocenters. The number of nitrogens with zero attached hydrogens (tertiary/aromatic N) is 2. The Morgan fingerprint density at radius 1 is 0.875 bits per heavy atom. The van der Waals surface area contributed by atoms with Gasteiger partial charge in [-0.05, 0) is 38.0 Å². The predicted octanol–water partition coefficient (Wildman–Crippen LogP) is 4.79. The summed E-state index contributed by atoms with van der Waals surface area (Å²) >= 11 is 0. The summed E-state index contributed by atoms with van der Waals surface area (Å²) in [5, 5.41) is 9.50. The number of hydrogen-bond donors (Lipinski definition) is 1. The van der Waals surface area contributed by atoms with Gasteiger partial charge in [0.25, 0.3) is 0 Å². The molecule has 0 saturated heterocycles. The van der Waals surface area contributed by atoms with Crippen LogP contribution in [0, 0.1) is 32.1 Å². The maximum Gasteiger partial charge on any atom is 0.142 e. The molecule has 0 amide bonds. The number of rotatable bonds is 2. The Balaban J connectivity index is 2.24. The monoisotopic (exact) mass is 313 g/mol. The molecular weight excluding hydrogens is 294 g/mol. The Labute approximate surface area is 142 Å². The van der Waals surface area contributed by atoms with Gasteiger partial charge in [-0.25, -0.2) is 4.98 Å². The molecular formula is C21H19N3. The normalized spacial score (nSPS) is 10.4. The minimum atomic E-state index is 0.269. The molecule has 3 nitrogen and oxygen atoms in total. The lowest BCUT2D eigenvalue weighted by Crippen LogP contribution is -2.00. The zero-order valence-corrected chi connectivity index (χ0v) is 14.1. The molecule has 24 heavy (non-hydrogen) atoms. The predicted molar refractivity (Wildman–Crippen MR) is 98.4 cm³/mol. The molecule has 1 aromatic heterocycles. The fraction of sp³-hybridized carbons (Fsp3) is 0.143. The van der Waals surface area contributed by atoms with Crippen LogP contribution in [0.4, 0.5) is 5.82 Å². The quantitative estimate of drug-likeness (QED) is 0.739. The first kappa shape index (κ1) is 15.8. The van der Waals surface area contributed by atoms with Gasteiger partial charge < -0.3 is 5.73 Å². The third kappa shape index (κ3) is 2.87. The highest BCUT2D eigenvalue weighted by molar-refractivity contribution is 5.80. The summed E-state index contributed by atoms with van der Waals surface area (Å²) in [6.45, 7) is 6.16. The molecule has 0 spiro atoms. The molecule has 0 saturated carbocycles. The Morgan fingerprint density at radius 3 is 2.17 bits per heavy atom. The first-order valence-electron chi connectivity index (χ1n) is 7.85. The first-order chi connectivity index (χ1) is 11.5. The van der Waals surface area contributed by atoms with Crippen molar-refractivity contribution < 1.29 is 0 Å². The number of aryl methyl sites for hydroxylation is 3. The molecule has 0 radical (unpaired) electrons. The van der Waals surface area contributed by atoms with Crippen LogP contribution in [-0.2, 0) is 0 Å². The van der Waals surface area contributed by atoms with Crippen LogP contribution >= 0.6 is 0 Å². The molecule has 0 atom stereocenters. The summed E-state index contributed by atoms with van der Waals surface area (Å²) in [6.07, 6.45) is 0. The first-order valence-corrected chi connectivity index (χ1v) is 7.85. The van der Waals surface area contributed by atoms with Crippen molar-refractivity contribution in [3.63, 3.8) is 0 Å². The average molecular weight is 313 g/mol. The molecule has 2 aromatic carbocycles. The zero-order chi connectivity index (χ0) is 17.3. The van der Waals surface area contributed by atoms with Crippen molar-refractivity contribution in [1.29, 1.82) is 5.26 Å². The summed E-state index contributed by atoms with van der Waals surface area (Å²) in [7, 11) is 0. The van der Waals surface area contributed by atoms with Crippen LogP contribution in [0.3, 0.4) is 0 Å². The largest absolute Gasteiger partial charge is 0.383 e. The van der Waals surface area contributed by atoms with E-state index in [1.54, 1.807) is 0 Å². The van der Waals surface area contributed by atoms with Crippen LogP contribution in [0.1, 0.15) is 22.3 Å². The molecule has 3 rings (SSSR count). The zero-order valence-electron chi connectivity index (χ0n) is 14.1. The Morgan fingerprint density at radius 2 is 1.54 bits per heavy atom. The Kier molecular flexibility index (Phi) is 4.05. The number of hydrogen-bond acceptors (Lipinski definition) is 3. The fourth-order valence-corrected chi connectivity index (χ4v) is 2.88. The maximum atomic E-state index is 9.50.